The van der Waals surface area contributed by atoms with Crippen molar-refractivity contribution in [2.45, 2.75) is 43.9 Å². The van der Waals surface area contributed by atoms with Gasteiger partial charge in [-0.2, -0.15) is 0 Å². The number of amides is 2. The third-order valence-corrected chi connectivity index (χ3v) is 7.26. The summed E-state index contributed by atoms with van der Waals surface area (Å²) < 4.78 is 12.0. The number of aromatic nitrogens is 1. The third-order valence-electron chi connectivity index (χ3n) is 6.62. The first-order valence-corrected chi connectivity index (χ1v) is 14.6. The molecule has 2 aromatic carbocycles. The zero-order valence-electron chi connectivity index (χ0n) is 24.1. The molecule has 0 N–H and O–H groups in total. The van der Waals surface area contributed by atoms with Gasteiger partial charge in [-0.25, -0.2) is 9.78 Å². The van der Waals surface area contributed by atoms with Gasteiger partial charge in [-0.1, -0.05) is 36.4 Å². The van der Waals surface area contributed by atoms with E-state index in [1.807, 2.05) is 94.7 Å². The fourth-order valence-corrected chi connectivity index (χ4v) is 4.86. The minimum Gasteiger partial charge on any atom is -0.486 e. The number of thioether (sulfide) groups is 1. The molecule has 0 saturated carbocycles. The van der Waals surface area contributed by atoms with Crippen LogP contribution in [0, 0.1) is 0 Å². The smallest absolute Gasteiger partial charge is 0.410 e. The first kappa shape index (κ1) is 29.3. The normalized spacial score (nSPS) is 14.3. The number of rotatable bonds is 8. The van der Waals surface area contributed by atoms with Crippen LogP contribution in [0.1, 0.15) is 49.2 Å². The van der Waals surface area contributed by atoms with E-state index >= 15 is 0 Å². The van der Waals surface area contributed by atoms with Crippen molar-refractivity contribution < 1.29 is 19.1 Å². The lowest BCUT2D eigenvalue weighted by Gasteiger charge is -2.27. The molecule has 0 bridgehead atoms. The highest BCUT2D eigenvalue weighted by Gasteiger charge is 2.27. The van der Waals surface area contributed by atoms with E-state index in [0.29, 0.717) is 37.4 Å². The summed E-state index contributed by atoms with van der Waals surface area (Å²) in [6.07, 6.45) is 3.54. The Kier molecular flexibility index (Phi) is 9.25. The highest BCUT2D eigenvalue weighted by Crippen LogP contribution is 2.32. The number of pyridine rings is 1. The van der Waals surface area contributed by atoms with Crippen molar-refractivity contribution in [1.82, 2.24) is 9.88 Å². The molecule has 2 amide bonds. The minimum absolute atomic E-state index is 0.0877. The molecule has 40 heavy (non-hydrogen) atoms. The fourth-order valence-electron chi connectivity index (χ4n) is 4.47. The van der Waals surface area contributed by atoms with Crippen LogP contribution < -0.4 is 14.5 Å². The van der Waals surface area contributed by atoms with E-state index in [2.05, 4.69) is 9.88 Å². The van der Waals surface area contributed by atoms with Crippen LogP contribution in [0.2, 0.25) is 0 Å². The molecule has 2 heterocycles. The molecule has 0 radical (unpaired) electrons. The molecule has 3 aromatic rings. The number of fused-ring (bicyclic) bond motifs is 1. The number of ether oxygens (including phenoxy) is 2. The molecule has 0 aliphatic carbocycles. The van der Waals surface area contributed by atoms with Gasteiger partial charge in [-0.05, 0) is 50.8 Å². The number of likely N-dealkylation sites (N-methyl/N-ethyl adjacent to an activating group) is 1. The Morgan fingerprint density at radius 1 is 1.10 bits per heavy atom. The molecule has 0 spiro atoms. The Morgan fingerprint density at radius 2 is 1.85 bits per heavy atom. The average Bonchev–Trinajstić information content (AvgIpc) is 3.06. The molecule has 8 nitrogen and oxygen atoms in total. The lowest BCUT2D eigenvalue weighted by Crippen LogP contribution is -2.35. The van der Waals surface area contributed by atoms with Gasteiger partial charge in [0.2, 0.25) is 0 Å². The quantitative estimate of drug-likeness (QED) is 0.299. The lowest BCUT2D eigenvalue weighted by molar-refractivity contribution is 0.0278. The Labute approximate surface area is 241 Å². The number of nitrogens with zero attached hydrogens (tertiary/aromatic N) is 4. The average molecular weight is 563 g/mol. The number of carbonyl (C=O) groups is 2. The van der Waals surface area contributed by atoms with E-state index in [1.165, 1.54) is 0 Å². The summed E-state index contributed by atoms with van der Waals surface area (Å²) in [6.45, 7) is 7.23. The highest BCUT2D eigenvalue weighted by atomic mass is 32.2. The SMILES string of the molecule is CSc1cc2c(cn1)C(=O)N(c1cccc(OC(CCN(C)C(=O)OC(C)(C)C)c3ccccc3)c1)CCN2C. The van der Waals surface area contributed by atoms with Gasteiger partial charge in [-0.3, -0.25) is 4.79 Å². The van der Waals surface area contributed by atoms with E-state index in [9.17, 15) is 9.59 Å². The van der Waals surface area contributed by atoms with Crippen LogP contribution in [0.4, 0.5) is 16.2 Å². The first-order chi connectivity index (χ1) is 19.1. The van der Waals surface area contributed by atoms with Crippen LogP contribution in [0.5, 0.6) is 5.75 Å². The molecule has 4 rings (SSSR count). The second-order valence-corrected chi connectivity index (χ2v) is 11.7. The molecule has 212 valence electrons. The van der Waals surface area contributed by atoms with Gasteiger partial charge in [0.15, 0.2) is 0 Å². The zero-order valence-corrected chi connectivity index (χ0v) is 24.9. The monoisotopic (exact) mass is 562 g/mol. The van der Waals surface area contributed by atoms with Crippen LogP contribution in [0.3, 0.4) is 0 Å². The van der Waals surface area contributed by atoms with Gasteiger partial charge < -0.3 is 24.2 Å². The van der Waals surface area contributed by atoms with E-state index in [4.69, 9.17) is 9.47 Å². The van der Waals surface area contributed by atoms with Crippen molar-refractivity contribution >= 4 is 35.1 Å². The van der Waals surface area contributed by atoms with E-state index < -0.39 is 5.60 Å². The van der Waals surface area contributed by atoms with Crippen molar-refractivity contribution in [3.05, 3.63) is 78.0 Å². The Morgan fingerprint density at radius 3 is 2.55 bits per heavy atom. The van der Waals surface area contributed by atoms with Gasteiger partial charge in [0.1, 0.15) is 17.5 Å². The number of benzene rings is 2. The zero-order chi connectivity index (χ0) is 28.9. The molecule has 0 saturated heterocycles. The molecule has 1 atom stereocenters. The van der Waals surface area contributed by atoms with Crippen molar-refractivity contribution in [2.24, 2.45) is 0 Å². The summed E-state index contributed by atoms with van der Waals surface area (Å²) in [6, 6.07) is 19.5. The fraction of sp³-hybridized carbons (Fsp3) is 0.387. The molecule has 1 aromatic heterocycles. The molecule has 1 aliphatic heterocycles. The van der Waals surface area contributed by atoms with E-state index in [-0.39, 0.29) is 18.1 Å². The van der Waals surface area contributed by atoms with Crippen molar-refractivity contribution in [3.63, 3.8) is 0 Å². The Bertz CT molecular complexity index is 1330. The molecular formula is C31H38N4O4S. The van der Waals surface area contributed by atoms with E-state index in [0.717, 1.165) is 22.0 Å². The number of hydrogen-bond acceptors (Lipinski definition) is 7. The topological polar surface area (TPSA) is 75.2 Å². The third kappa shape index (κ3) is 7.27. The second-order valence-electron chi connectivity index (χ2n) is 10.8. The van der Waals surface area contributed by atoms with Gasteiger partial charge in [0.25, 0.3) is 5.91 Å². The maximum absolute atomic E-state index is 13.6. The summed E-state index contributed by atoms with van der Waals surface area (Å²) >= 11 is 1.56. The van der Waals surface area contributed by atoms with Gasteiger partial charge in [0.05, 0.1) is 16.3 Å². The molecule has 9 heteroatoms. The largest absolute Gasteiger partial charge is 0.486 e. The Hall–Kier alpha value is -3.72. The standard InChI is InChI=1S/C31H38N4O4S/c1-31(2,3)39-30(37)34(5)16-15-27(22-11-8-7-9-12-22)38-24-14-10-13-23(19-24)35-18-17-33(4)26-20-28(40-6)32-21-25(26)29(35)36/h7-14,19-21,27H,15-18H2,1-6H3. The molecule has 1 aliphatic rings. The van der Waals surface area contributed by atoms with Crippen molar-refractivity contribution in [1.29, 1.82) is 0 Å². The molecule has 0 fully saturated rings. The predicted molar refractivity (Wildman–Crippen MR) is 161 cm³/mol. The summed E-state index contributed by atoms with van der Waals surface area (Å²) in [4.78, 5) is 36.0. The van der Waals surface area contributed by atoms with Crippen LogP contribution >= 0.6 is 11.8 Å². The van der Waals surface area contributed by atoms with Gasteiger partial charge in [0, 0.05) is 58.1 Å². The maximum atomic E-state index is 13.6. The van der Waals surface area contributed by atoms with Crippen LogP contribution in [-0.2, 0) is 4.74 Å². The summed E-state index contributed by atoms with van der Waals surface area (Å²) in [7, 11) is 3.73. The van der Waals surface area contributed by atoms with Crippen LogP contribution in [0.15, 0.2) is 71.9 Å². The number of anilines is 2. The number of carbonyl (C=O) groups excluding carboxylic acids is 2. The van der Waals surface area contributed by atoms with E-state index in [1.54, 1.807) is 34.8 Å². The van der Waals surface area contributed by atoms with Crippen molar-refractivity contribution in [2.75, 3.05) is 49.8 Å². The highest BCUT2D eigenvalue weighted by molar-refractivity contribution is 7.98. The maximum Gasteiger partial charge on any atom is 0.410 e. The van der Waals surface area contributed by atoms with Crippen LogP contribution in [-0.4, -0.2) is 67.5 Å². The Balaban J connectivity index is 1.54. The van der Waals surface area contributed by atoms with Gasteiger partial charge in [-0.15, -0.1) is 11.8 Å². The van der Waals surface area contributed by atoms with Crippen molar-refractivity contribution in [3.8, 4) is 5.75 Å². The predicted octanol–water partition coefficient (Wildman–Crippen LogP) is 6.28. The summed E-state index contributed by atoms with van der Waals surface area (Å²) in [5.74, 6) is 0.558. The number of hydrogen-bond donors (Lipinski definition) is 0. The van der Waals surface area contributed by atoms with Gasteiger partial charge >= 0.3 is 6.09 Å². The van der Waals surface area contributed by atoms with Crippen LogP contribution in [0.25, 0.3) is 0 Å². The first-order valence-electron chi connectivity index (χ1n) is 13.4. The summed E-state index contributed by atoms with van der Waals surface area (Å²) in [5, 5.41) is 0.881. The summed E-state index contributed by atoms with van der Waals surface area (Å²) in [5.41, 5.74) is 2.67. The molecule has 1 unspecified atom stereocenters. The second kappa shape index (κ2) is 12.6. The molecular weight excluding hydrogens is 524 g/mol. The lowest BCUT2D eigenvalue weighted by atomic mass is 10.1. The minimum atomic E-state index is -0.561.